The molecule has 0 spiro atoms. The molecule has 11 heteroatoms. The molecule has 2 aromatic carbocycles. The van der Waals surface area contributed by atoms with Gasteiger partial charge in [-0.05, 0) is 36.8 Å². The number of carbonyl (C=O) groups is 1. The third kappa shape index (κ3) is 5.34. The van der Waals surface area contributed by atoms with Crippen LogP contribution >= 0.6 is 58.0 Å². The topological polar surface area (TPSA) is 74.7 Å². The van der Waals surface area contributed by atoms with E-state index >= 15 is 0 Å². The zero-order chi connectivity index (χ0) is 20.4. The molecule has 0 saturated carbocycles. The van der Waals surface area contributed by atoms with Crippen LogP contribution in [0.5, 0.6) is 0 Å². The van der Waals surface area contributed by atoms with Crippen LogP contribution in [0.1, 0.15) is 12.8 Å². The van der Waals surface area contributed by atoms with Crippen LogP contribution in [0.2, 0.25) is 25.1 Å². The van der Waals surface area contributed by atoms with E-state index in [0.717, 1.165) is 4.31 Å². The van der Waals surface area contributed by atoms with Gasteiger partial charge in [0.2, 0.25) is 0 Å². The van der Waals surface area contributed by atoms with Gasteiger partial charge in [-0.1, -0.05) is 58.0 Å². The molecule has 0 heterocycles. The fourth-order valence-corrected chi connectivity index (χ4v) is 4.81. The van der Waals surface area contributed by atoms with E-state index < -0.39 is 16.0 Å². The van der Waals surface area contributed by atoms with Crippen LogP contribution < -0.4 is 4.31 Å². The number of anilines is 1. The van der Waals surface area contributed by atoms with Gasteiger partial charge in [-0.3, -0.25) is 9.10 Å². The van der Waals surface area contributed by atoms with Crippen LogP contribution in [0.25, 0.3) is 0 Å². The molecule has 0 aliphatic heterocycles. The third-order valence-electron chi connectivity index (χ3n) is 3.49. The standard InChI is InChI=1S/C16H12Cl5NO4S/c17-10-4-3-9(6-11(10)18)27(25,26)22(5-1-2-16(23)24)15-8-13(20)12(19)7-14(15)21/h3-4,6-8H,1-2,5H2,(H,23,24). The van der Waals surface area contributed by atoms with Crippen LogP contribution in [0.3, 0.4) is 0 Å². The molecule has 146 valence electrons. The van der Waals surface area contributed by atoms with Gasteiger partial charge in [0.1, 0.15) is 0 Å². The normalized spacial score (nSPS) is 11.4. The molecule has 0 fully saturated rings. The largest absolute Gasteiger partial charge is 0.481 e. The minimum Gasteiger partial charge on any atom is -0.481 e. The number of rotatable bonds is 7. The maximum Gasteiger partial charge on any atom is 0.303 e. The zero-order valence-corrected chi connectivity index (χ0v) is 18.0. The average molecular weight is 492 g/mol. The van der Waals surface area contributed by atoms with Gasteiger partial charge in [-0.15, -0.1) is 0 Å². The molecule has 0 aliphatic carbocycles. The van der Waals surface area contributed by atoms with Crippen molar-refractivity contribution in [3.8, 4) is 0 Å². The van der Waals surface area contributed by atoms with E-state index in [0.29, 0.717) is 0 Å². The first kappa shape index (κ1) is 22.4. The Morgan fingerprint density at radius 1 is 0.889 bits per heavy atom. The Bertz CT molecular complexity index is 981. The number of hydrogen-bond acceptors (Lipinski definition) is 3. The minimum atomic E-state index is -4.13. The van der Waals surface area contributed by atoms with Crippen LogP contribution in [-0.2, 0) is 14.8 Å². The Morgan fingerprint density at radius 3 is 2.07 bits per heavy atom. The summed E-state index contributed by atoms with van der Waals surface area (Å²) in [6.45, 7) is -0.146. The maximum absolute atomic E-state index is 13.2. The summed E-state index contributed by atoms with van der Waals surface area (Å²) in [6.07, 6.45) is -0.182. The second kappa shape index (κ2) is 9.07. The molecule has 0 radical (unpaired) electrons. The predicted molar refractivity (Wildman–Crippen MR) is 109 cm³/mol. The first-order valence-corrected chi connectivity index (χ1v) is 10.7. The van der Waals surface area contributed by atoms with E-state index in [1.807, 2.05) is 0 Å². The number of sulfonamides is 1. The SMILES string of the molecule is O=C(O)CCCN(c1cc(Cl)c(Cl)cc1Cl)S(=O)(=O)c1ccc(Cl)c(Cl)c1. The molecule has 0 amide bonds. The fourth-order valence-electron chi connectivity index (χ4n) is 2.21. The Labute approximate surface area is 181 Å². The summed E-state index contributed by atoms with van der Waals surface area (Å²) in [7, 11) is -4.13. The second-order valence-corrected chi connectivity index (χ2v) is 9.27. The number of aliphatic carboxylic acids is 1. The van der Waals surface area contributed by atoms with Gasteiger partial charge >= 0.3 is 5.97 Å². The number of halogens is 5. The van der Waals surface area contributed by atoms with Gasteiger partial charge in [0.05, 0.1) is 35.7 Å². The highest BCUT2D eigenvalue weighted by Crippen LogP contribution is 2.37. The maximum atomic E-state index is 13.2. The Hall–Kier alpha value is -0.890. The molecule has 5 nitrogen and oxygen atoms in total. The Balaban J connectivity index is 2.56. The summed E-state index contributed by atoms with van der Waals surface area (Å²) < 4.78 is 27.3. The van der Waals surface area contributed by atoms with Gasteiger partial charge in [-0.2, -0.15) is 0 Å². The van der Waals surface area contributed by atoms with Gasteiger partial charge in [0, 0.05) is 13.0 Å². The van der Waals surface area contributed by atoms with Crippen molar-refractivity contribution in [1.29, 1.82) is 0 Å². The number of nitrogens with zero attached hydrogens (tertiary/aromatic N) is 1. The van der Waals surface area contributed by atoms with Crippen molar-refractivity contribution >= 4 is 79.7 Å². The number of hydrogen-bond donors (Lipinski definition) is 1. The highest BCUT2D eigenvalue weighted by atomic mass is 35.5. The lowest BCUT2D eigenvalue weighted by Crippen LogP contribution is -2.32. The average Bonchev–Trinajstić information content (AvgIpc) is 2.57. The van der Waals surface area contributed by atoms with E-state index in [9.17, 15) is 13.2 Å². The molecule has 0 aliphatic rings. The second-order valence-electron chi connectivity index (χ2n) is 5.37. The van der Waals surface area contributed by atoms with Gasteiger partial charge in [-0.25, -0.2) is 8.42 Å². The lowest BCUT2D eigenvalue weighted by Gasteiger charge is -2.26. The van der Waals surface area contributed by atoms with Crippen LogP contribution in [-0.4, -0.2) is 26.0 Å². The fraction of sp³-hybridized carbons (Fsp3) is 0.188. The van der Waals surface area contributed by atoms with Crippen LogP contribution in [0, 0.1) is 0 Å². The summed E-state index contributed by atoms with van der Waals surface area (Å²) in [5, 5.41) is 9.41. The van der Waals surface area contributed by atoms with Crippen LogP contribution in [0.4, 0.5) is 5.69 Å². The first-order chi connectivity index (χ1) is 12.5. The highest BCUT2D eigenvalue weighted by Gasteiger charge is 2.28. The monoisotopic (exact) mass is 489 g/mol. The molecule has 0 unspecified atom stereocenters. The van der Waals surface area contributed by atoms with E-state index in [1.54, 1.807) is 0 Å². The molecule has 2 rings (SSSR count). The molecule has 1 N–H and O–H groups in total. The quantitative estimate of drug-likeness (QED) is 0.481. The van der Waals surface area contributed by atoms with Gasteiger partial charge < -0.3 is 5.11 Å². The molecular weight excluding hydrogens is 480 g/mol. The van der Waals surface area contributed by atoms with E-state index in [-0.39, 0.29) is 55.1 Å². The number of carboxylic acids is 1. The smallest absolute Gasteiger partial charge is 0.303 e. The summed E-state index contributed by atoms with van der Waals surface area (Å²) in [5.41, 5.74) is 0.0718. The molecule has 27 heavy (non-hydrogen) atoms. The van der Waals surface area contributed by atoms with Crippen molar-refractivity contribution in [3.05, 3.63) is 55.4 Å². The van der Waals surface area contributed by atoms with Crippen molar-refractivity contribution in [2.45, 2.75) is 17.7 Å². The van der Waals surface area contributed by atoms with Gasteiger partial charge in [0.15, 0.2) is 0 Å². The van der Waals surface area contributed by atoms with Gasteiger partial charge in [0.25, 0.3) is 10.0 Å². The van der Waals surface area contributed by atoms with Crippen molar-refractivity contribution in [2.24, 2.45) is 0 Å². The van der Waals surface area contributed by atoms with Crippen molar-refractivity contribution in [3.63, 3.8) is 0 Å². The molecule has 0 saturated heterocycles. The lowest BCUT2D eigenvalue weighted by molar-refractivity contribution is -0.137. The van der Waals surface area contributed by atoms with Crippen molar-refractivity contribution < 1.29 is 18.3 Å². The Kier molecular flexibility index (Phi) is 7.53. The predicted octanol–water partition coefficient (Wildman–Crippen LogP) is 6.01. The first-order valence-electron chi connectivity index (χ1n) is 7.38. The minimum absolute atomic E-state index is 0.0448. The van der Waals surface area contributed by atoms with Crippen LogP contribution in [0.15, 0.2) is 35.2 Å². The third-order valence-corrected chi connectivity index (χ3v) is 7.06. The van der Waals surface area contributed by atoms with Crippen molar-refractivity contribution in [1.82, 2.24) is 0 Å². The van der Waals surface area contributed by atoms with E-state index in [1.165, 1.54) is 30.3 Å². The summed E-state index contributed by atoms with van der Waals surface area (Å²) in [4.78, 5) is 10.7. The number of carboxylic acid groups (broad SMARTS) is 1. The summed E-state index contributed by atoms with van der Waals surface area (Å²) in [5.74, 6) is -1.05. The molecular formula is C16H12Cl5NO4S. The zero-order valence-electron chi connectivity index (χ0n) is 13.4. The summed E-state index contributed by atoms with van der Waals surface area (Å²) in [6, 6.07) is 6.47. The highest BCUT2D eigenvalue weighted by molar-refractivity contribution is 7.92. The van der Waals surface area contributed by atoms with E-state index in [4.69, 9.17) is 63.1 Å². The molecule has 0 aromatic heterocycles. The molecule has 2 aromatic rings. The Morgan fingerprint density at radius 2 is 1.48 bits per heavy atom. The lowest BCUT2D eigenvalue weighted by atomic mass is 10.2. The summed E-state index contributed by atoms with van der Waals surface area (Å²) >= 11 is 29.9. The molecule has 0 bridgehead atoms. The number of benzene rings is 2. The molecule has 0 atom stereocenters. The van der Waals surface area contributed by atoms with Crippen molar-refractivity contribution in [2.75, 3.05) is 10.8 Å². The van der Waals surface area contributed by atoms with E-state index in [2.05, 4.69) is 0 Å².